The first-order valence-corrected chi connectivity index (χ1v) is 6.78. The molecule has 0 spiro atoms. The van der Waals surface area contributed by atoms with Crippen LogP contribution in [0.2, 0.25) is 0 Å². The van der Waals surface area contributed by atoms with Gasteiger partial charge in [0.2, 0.25) is 0 Å². The summed E-state index contributed by atoms with van der Waals surface area (Å²) in [5.41, 5.74) is 1.11. The fourth-order valence-corrected chi connectivity index (χ4v) is 2.21. The van der Waals surface area contributed by atoms with Crippen LogP contribution < -0.4 is 0 Å². The molecular weight excluding hydrogens is 258 g/mol. The van der Waals surface area contributed by atoms with Crippen molar-refractivity contribution in [2.75, 3.05) is 6.61 Å². The highest BCUT2D eigenvalue weighted by Crippen LogP contribution is 2.32. The van der Waals surface area contributed by atoms with Crippen molar-refractivity contribution in [2.45, 2.75) is 25.4 Å². The summed E-state index contributed by atoms with van der Waals surface area (Å²) in [6.07, 6.45) is 5.94. The standard InChI is InChI=1S/C17H18F2O/c1-2-12-20-17(13-16(18)19)10-8-15(9-11-17)14-6-4-3-5-7-14/h3-10,13H,2,11-12H2,1H3. The Morgan fingerprint density at radius 3 is 2.60 bits per heavy atom. The fraction of sp³-hybridized carbons (Fsp3) is 0.294. The predicted molar refractivity (Wildman–Crippen MR) is 77.4 cm³/mol. The molecule has 0 saturated carbocycles. The third-order valence-corrected chi connectivity index (χ3v) is 3.22. The number of allylic oxidation sites excluding steroid dienone is 2. The van der Waals surface area contributed by atoms with E-state index in [2.05, 4.69) is 0 Å². The molecule has 0 aliphatic heterocycles. The summed E-state index contributed by atoms with van der Waals surface area (Å²) in [5.74, 6) is 0. The number of hydrogen-bond acceptors (Lipinski definition) is 1. The lowest BCUT2D eigenvalue weighted by molar-refractivity contribution is 0.0267. The first kappa shape index (κ1) is 14.7. The van der Waals surface area contributed by atoms with E-state index >= 15 is 0 Å². The highest BCUT2D eigenvalue weighted by Gasteiger charge is 2.28. The molecule has 3 heteroatoms. The molecule has 0 saturated heterocycles. The van der Waals surface area contributed by atoms with E-state index in [-0.39, 0.29) is 0 Å². The van der Waals surface area contributed by atoms with Gasteiger partial charge in [-0.15, -0.1) is 0 Å². The second-order valence-electron chi connectivity index (χ2n) is 4.80. The Balaban J connectivity index is 2.19. The van der Waals surface area contributed by atoms with Gasteiger partial charge in [0, 0.05) is 19.1 Å². The molecule has 20 heavy (non-hydrogen) atoms. The Morgan fingerprint density at radius 2 is 2.05 bits per heavy atom. The smallest absolute Gasteiger partial charge is 0.269 e. The van der Waals surface area contributed by atoms with E-state index in [4.69, 9.17) is 4.74 Å². The Bertz CT molecular complexity index is 527. The molecule has 1 aromatic rings. The van der Waals surface area contributed by atoms with Gasteiger partial charge in [0.1, 0.15) is 5.60 Å². The molecule has 0 aromatic heterocycles. The molecule has 1 atom stereocenters. The summed E-state index contributed by atoms with van der Waals surface area (Å²) in [6.45, 7) is 2.42. The number of rotatable bonds is 5. The van der Waals surface area contributed by atoms with Crippen LogP contribution in [0.4, 0.5) is 8.78 Å². The van der Waals surface area contributed by atoms with E-state index in [1.54, 1.807) is 6.08 Å². The molecule has 2 rings (SSSR count). The lowest BCUT2D eigenvalue weighted by Crippen LogP contribution is -2.29. The molecule has 1 aliphatic carbocycles. The molecule has 106 valence electrons. The highest BCUT2D eigenvalue weighted by molar-refractivity contribution is 5.75. The van der Waals surface area contributed by atoms with E-state index in [0.29, 0.717) is 13.0 Å². The third kappa shape index (κ3) is 3.64. The quantitative estimate of drug-likeness (QED) is 0.737. The Labute approximate surface area is 118 Å². The zero-order valence-electron chi connectivity index (χ0n) is 11.5. The van der Waals surface area contributed by atoms with Crippen LogP contribution in [-0.4, -0.2) is 12.2 Å². The van der Waals surface area contributed by atoms with Gasteiger partial charge < -0.3 is 4.74 Å². The van der Waals surface area contributed by atoms with Gasteiger partial charge in [-0.1, -0.05) is 49.4 Å². The molecule has 0 amide bonds. The lowest BCUT2D eigenvalue weighted by Gasteiger charge is -2.29. The third-order valence-electron chi connectivity index (χ3n) is 3.22. The van der Waals surface area contributed by atoms with Crippen molar-refractivity contribution in [3.63, 3.8) is 0 Å². The van der Waals surface area contributed by atoms with E-state index in [1.165, 1.54) is 0 Å². The molecule has 1 nitrogen and oxygen atoms in total. The van der Waals surface area contributed by atoms with Crippen molar-refractivity contribution >= 4 is 5.57 Å². The second kappa shape index (κ2) is 6.62. The zero-order valence-corrected chi connectivity index (χ0v) is 11.5. The van der Waals surface area contributed by atoms with Crippen LogP contribution >= 0.6 is 0 Å². The van der Waals surface area contributed by atoms with Crippen molar-refractivity contribution in [1.82, 2.24) is 0 Å². The lowest BCUT2D eigenvalue weighted by atomic mass is 9.89. The summed E-state index contributed by atoms with van der Waals surface area (Å²) < 4.78 is 30.9. The minimum absolute atomic E-state index is 0.422. The Hall–Kier alpha value is -1.74. The minimum Gasteiger partial charge on any atom is -0.366 e. The molecule has 0 N–H and O–H groups in total. The van der Waals surface area contributed by atoms with Crippen LogP contribution in [-0.2, 0) is 4.74 Å². The van der Waals surface area contributed by atoms with Crippen LogP contribution in [0.25, 0.3) is 5.57 Å². The average Bonchev–Trinajstić information content (AvgIpc) is 2.46. The summed E-state index contributed by atoms with van der Waals surface area (Å²) in [5, 5.41) is 0. The van der Waals surface area contributed by atoms with Gasteiger partial charge in [0.05, 0.1) is 0 Å². The average molecular weight is 276 g/mol. The maximum Gasteiger partial charge on any atom is 0.269 e. The zero-order chi connectivity index (χ0) is 14.4. The number of benzene rings is 1. The number of hydrogen-bond donors (Lipinski definition) is 0. The van der Waals surface area contributed by atoms with E-state index in [9.17, 15) is 8.78 Å². The van der Waals surface area contributed by atoms with Crippen LogP contribution in [0.1, 0.15) is 25.3 Å². The number of ether oxygens (including phenoxy) is 1. The van der Waals surface area contributed by atoms with Gasteiger partial charge in [-0.05, 0) is 23.6 Å². The van der Waals surface area contributed by atoms with Crippen LogP contribution in [0.5, 0.6) is 0 Å². The minimum atomic E-state index is -1.71. The van der Waals surface area contributed by atoms with Crippen molar-refractivity contribution in [2.24, 2.45) is 0 Å². The van der Waals surface area contributed by atoms with Gasteiger partial charge in [0.15, 0.2) is 0 Å². The Morgan fingerprint density at radius 1 is 1.30 bits per heavy atom. The molecule has 0 fully saturated rings. The van der Waals surface area contributed by atoms with Crippen LogP contribution in [0, 0.1) is 0 Å². The predicted octanol–water partition coefficient (Wildman–Crippen LogP) is 4.98. The number of halogens is 2. The maximum absolute atomic E-state index is 12.6. The van der Waals surface area contributed by atoms with Gasteiger partial charge in [0.25, 0.3) is 6.08 Å². The molecule has 1 aromatic carbocycles. The van der Waals surface area contributed by atoms with E-state index in [1.807, 2.05) is 49.4 Å². The molecule has 1 unspecified atom stereocenters. The summed E-state index contributed by atoms with van der Waals surface area (Å²) in [6, 6.07) is 9.87. The van der Waals surface area contributed by atoms with Crippen LogP contribution in [0.3, 0.4) is 0 Å². The monoisotopic (exact) mass is 276 g/mol. The van der Waals surface area contributed by atoms with Crippen molar-refractivity contribution < 1.29 is 13.5 Å². The molecule has 1 aliphatic rings. The first-order chi connectivity index (χ1) is 9.65. The maximum atomic E-state index is 12.6. The summed E-state index contributed by atoms with van der Waals surface area (Å²) in [4.78, 5) is 0. The molecule has 0 bridgehead atoms. The highest BCUT2D eigenvalue weighted by atomic mass is 19.3. The summed E-state index contributed by atoms with van der Waals surface area (Å²) in [7, 11) is 0. The Kier molecular flexibility index (Phi) is 4.85. The molecular formula is C17H18F2O. The van der Waals surface area contributed by atoms with Crippen LogP contribution in [0.15, 0.2) is 60.7 Å². The SMILES string of the molecule is CCCOC1(C=C(F)F)C=CC(c2ccccc2)=CC1. The van der Waals surface area contributed by atoms with Crippen molar-refractivity contribution in [1.29, 1.82) is 0 Å². The topological polar surface area (TPSA) is 9.23 Å². The van der Waals surface area contributed by atoms with Gasteiger partial charge >= 0.3 is 0 Å². The van der Waals surface area contributed by atoms with Gasteiger partial charge in [-0.2, -0.15) is 8.78 Å². The van der Waals surface area contributed by atoms with Gasteiger partial charge in [-0.25, -0.2) is 0 Å². The molecule has 0 heterocycles. The van der Waals surface area contributed by atoms with Crippen molar-refractivity contribution in [3.8, 4) is 0 Å². The molecule has 0 radical (unpaired) electrons. The summed E-state index contributed by atoms with van der Waals surface area (Å²) >= 11 is 0. The van der Waals surface area contributed by atoms with E-state index < -0.39 is 11.7 Å². The fourth-order valence-electron chi connectivity index (χ4n) is 2.21. The second-order valence-corrected chi connectivity index (χ2v) is 4.80. The normalized spacial score (nSPS) is 21.4. The van der Waals surface area contributed by atoms with E-state index in [0.717, 1.165) is 23.6 Å². The largest absolute Gasteiger partial charge is 0.366 e. The van der Waals surface area contributed by atoms with Crippen molar-refractivity contribution in [3.05, 3.63) is 66.3 Å². The first-order valence-electron chi connectivity index (χ1n) is 6.78. The van der Waals surface area contributed by atoms with Gasteiger partial charge in [-0.3, -0.25) is 0 Å².